The quantitative estimate of drug-likeness (QED) is 0.437. The molecule has 2 aromatic carbocycles. The van der Waals surface area contributed by atoms with Crippen molar-refractivity contribution >= 4 is 17.0 Å². The molecular weight excluding hydrogens is 393 g/mol. The minimum atomic E-state index is -4.72. The highest BCUT2D eigenvalue weighted by Gasteiger charge is 2.38. The monoisotopic (exact) mass is 408 g/mol. The summed E-state index contributed by atoms with van der Waals surface area (Å²) in [6, 6.07) is 15.3. The Hall–Kier alpha value is -2.65. The Bertz CT molecular complexity index is 928. The van der Waals surface area contributed by atoms with Gasteiger partial charge in [-0.1, -0.05) is 59.8 Å². The molecule has 1 heterocycles. The number of halogens is 3. The first-order chi connectivity index (χ1) is 13.3. The van der Waals surface area contributed by atoms with Gasteiger partial charge in [-0.2, -0.15) is 18.2 Å². The molecule has 0 saturated carbocycles. The number of hydrogen-bond acceptors (Lipinski definition) is 5. The molecule has 0 radical (unpaired) electrons. The number of carbonyl (C=O) groups is 1. The number of nitrogens with zero attached hydrogens (tertiary/aromatic N) is 2. The standard InChI is InChI=1S/C19H15F3N2O3S/c20-19(21,22)18-23-17(24-27-18)15-8-6-14(7-9-15)16(25)12-28(26)11-10-13-4-2-1-3-5-13/h1-9H,10-12H2. The molecule has 0 amide bonds. The Morgan fingerprint density at radius 3 is 2.36 bits per heavy atom. The predicted molar refractivity (Wildman–Crippen MR) is 97.1 cm³/mol. The molecule has 146 valence electrons. The van der Waals surface area contributed by atoms with E-state index in [4.69, 9.17) is 0 Å². The lowest BCUT2D eigenvalue weighted by Crippen LogP contribution is -2.20. The summed E-state index contributed by atoms with van der Waals surface area (Å²) >= 11 is -1.31. The third-order valence-electron chi connectivity index (χ3n) is 3.89. The van der Waals surface area contributed by atoms with Gasteiger partial charge < -0.3 is 9.08 Å². The molecule has 3 aromatic rings. The molecule has 3 rings (SSSR count). The van der Waals surface area contributed by atoms with Crippen molar-refractivity contribution < 1.29 is 27.0 Å². The lowest BCUT2D eigenvalue weighted by molar-refractivity contribution is -0.159. The van der Waals surface area contributed by atoms with Crippen LogP contribution in [0.5, 0.6) is 0 Å². The second kappa shape index (κ2) is 8.57. The predicted octanol–water partition coefficient (Wildman–Crippen LogP) is 3.93. The van der Waals surface area contributed by atoms with Gasteiger partial charge in [-0.05, 0) is 16.7 Å². The summed E-state index contributed by atoms with van der Waals surface area (Å²) in [5.41, 5.74) is 1.64. The fourth-order valence-corrected chi connectivity index (χ4v) is 3.51. The highest BCUT2D eigenvalue weighted by atomic mass is 32.2. The number of rotatable bonds is 7. The number of aromatic nitrogens is 2. The van der Waals surface area contributed by atoms with Crippen LogP contribution in [0.15, 0.2) is 59.1 Å². The number of alkyl halides is 3. The van der Waals surface area contributed by atoms with Crippen LogP contribution in [0.2, 0.25) is 0 Å². The van der Waals surface area contributed by atoms with Crippen LogP contribution in [-0.2, 0) is 23.8 Å². The van der Waals surface area contributed by atoms with E-state index in [0.717, 1.165) is 5.56 Å². The zero-order valence-corrected chi connectivity index (χ0v) is 15.3. The number of benzene rings is 2. The van der Waals surface area contributed by atoms with Gasteiger partial charge in [0.15, 0.2) is 5.75 Å². The number of ketones is 1. The Kier molecular flexibility index (Phi) is 6.15. The van der Waals surface area contributed by atoms with Crippen LogP contribution in [0.1, 0.15) is 21.8 Å². The molecule has 0 bridgehead atoms. The molecule has 1 aromatic heterocycles. The minimum Gasteiger partial charge on any atom is -0.616 e. The fraction of sp³-hybridized carbons (Fsp3) is 0.211. The van der Waals surface area contributed by atoms with Gasteiger partial charge >= 0.3 is 12.1 Å². The van der Waals surface area contributed by atoms with Crippen LogP contribution in [0.4, 0.5) is 13.2 Å². The Morgan fingerprint density at radius 1 is 1.07 bits per heavy atom. The van der Waals surface area contributed by atoms with Gasteiger partial charge in [-0.15, -0.1) is 0 Å². The first kappa shape index (κ1) is 20.1. The molecule has 9 heteroatoms. The summed E-state index contributed by atoms with van der Waals surface area (Å²) in [4.78, 5) is 15.5. The van der Waals surface area contributed by atoms with Crippen molar-refractivity contribution in [2.45, 2.75) is 12.6 Å². The van der Waals surface area contributed by atoms with Gasteiger partial charge in [0, 0.05) is 17.5 Å². The summed E-state index contributed by atoms with van der Waals surface area (Å²) in [6.07, 6.45) is -4.11. The minimum absolute atomic E-state index is 0.118. The van der Waals surface area contributed by atoms with Gasteiger partial charge in [-0.3, -0.25) is 4.79 Å². The van der Waals surface area contributed by atoms with Crippen LogP contribution < -0.4 is 0 Å². The maximum absolute atomic E-state index is 12.5. The van der Waals surface area contributed by atoms with Crippen molar-refractivity contribution in [2.24, 2.45) is 0 Å². The largest absolute Gasteiger partial charge is 0.616 e. The molecule has 0 aliphatic rings. The van der Waals surface area contributed by atoms with E-state index in [1.54, 1.807) is 0 Å². The smallest absolute Gasteiger partial charge is 0.471 e. The molecule has 0 spiro atoms. The van der Waals surface area contributed by atoms with E-state index in [2.05, 4.69) is 14.7 Å². The van der Waals surface area contributed by atoms with E-state index >= 15 is 0 Å². The zero-order chi connectivity index (χ0) is 20.1. The normalized spacial score (nSPS) is 12.7. The molecule has 1 atom stereocenters. The van der Waals surface area contributed by atoms with Crippen LogP contribution in [0, 0.1) is 0 Å². The number of carbonyl (C=O) groups excluding carboxylic acids is 1. The highest BCUT2D eigenvalue weighted by molar-refractivity contribution is 7.92. The van der Waals surface area contributed by atoms with Gasteiger partial charge in [0.25, 0.3) is 0 Å². The van der Waals surface area contributed by atoms with Crippen LogP contribution in [-0.4, -0.2) is 32.0 Å². The highest BCUT2D eigenvalue weighted by Crippen LogP contribution is 2.29. The van der Waals surface area contributed by atoms with Crippen LogP contribution >= 0.6 is 0 Å². The van der Waals surface area contributed by atoms with E-state index in [1.807, 2.05) is 30.3 Å². The van der Waals surface area contributed by atoms with Crippen molar-refractivity contribution in [2.75, 3.05) is 11.5 Å². The Morgan fingerprint density at radius 2 is 1.75 bits per heavy atom. The van der Waals surface area contributed by atoms with Crippen molar-refractivity contribution in [1.82, 2.24) is 10.1 Å². The number of hydrogen-bond donors (Lipinski definition) is 0. The molecule has 0 fully saturated rings. The zero-order valence-electron chi connectivity index (χ0n) is 14.5. The molecule has 1 unspecified atom stereocenters. The third-order valence-corrected chi connectivity index (χ3v) is 5.13. The maximum Gasteiger partial charge on any atom is 0.471 e. The van der Waals surface area contributed by atoms with Crippen molar-refractivity contribution in [3.05, 3.63) is 71.6 Å². The van der Waals surface area contributed by atoms with Crippen LogP contribution in [0.25, 0.3) is 11.4 Å². The summed E-state index contributed by atoms with van der Waals surface area (Å²) < 4.78 is 53.8. The van der Waals surface area contributed by atoms with E-state index in [0.29, 0.717) is 17.7 Å². The Balaban J connectivity index is 1.58. The lowest BCUT2D eigenvalue weighted by atomic mass is 10.1. The van der Waals surface area contributed by atoms with Gasteiger partial charge in [0.2, 0.25) is 11.6 Å². The van der Waals surface area contributed by atoms with E-state index in [9.17, 15) is 22.5 Å². The summed E-state index contributed by atoms with van der Waals surface area (Å²) in [5, 5.41) is 3.29. The first-order valence-electron chi connectivity index (χ1n) is 8.26. The van der Waals surface area contributed by atoms with Gasteiger partial charge in [0.05, 0.1) is 0 Å². The third kappa shape index (κ3) is 5.20. The van der Waals surface area contributed by atoms with E-state index < -0.39 is 23.2 Å². The molecule has 0 aliphatic heterocycles. The van der Waals surface area contributed by atoms with Gasteiger partial charge in [-0.25, -0.2) is 0 Å². The first-order valence-corrected chi connectivity index (χ1v) is 9.75. The second-order valence-electron chi connectivity index (χ2n) is 5.95. The van der Waals surface area contributed by atoms with Gasteiger partial charge in [0.1, 0.15) is 5.75 Å². The van der Waals surface area contributed by atoms with Crippen molar-refractivity contribution in [3.63, 3.8) is 0 Å². The number of aryl methyl sites for hydroxylation is 1. The second-order valence-corrected chi connectivity index (χ2v) is 7.52. The summed E-state index contributed by atoms with van der Waals surface area (Å²) in [6.45, 7) is 0. The topological polar surface area (TPSA) is 79.0 Å². The van der Waals surface area contributed by atoms with E-state index in [1.165, 1.54) is 24.3 Å². The van der Waals surface area contributed by atoms with Crippen molar-refractivity contribution in [3.8, 4) is 11.4 Å². The number of Topliss-reactive ketones (excluding diaryl/α,β-unsaturated/α-hetero) is 1. The lowest BCUT2D eigenvalue weighted by Gasteiger charge is -2.10. The molecule has 0 N–H and O–H groups in total. The molecule has 28 heavy (non-hydrogen) atoms. The van der Waals surface area contributed by atoms with Crippen molar-refractivity contribution in [1.29, 1.82) is 0 Å². The fourth-order valence-electron chi connectivity index (χ4n) is 2.44. The Labute approximate surface area is 161 Å². The molecular formula is C19H15F3N2O3S. The maximum atomic E-state index is 12.5. The average molecular weight is 408 g/mol. The average Bonchev–Trinajstić information content (AvgIpc) is 3.18. The van der Waals surface area contributed by atoms with Crippen LogP contribution in [0.3, 0.4) is 0 Å². The summed E-state index contributed by atoms with van der Waals surface area (Å²) in [7, 11) is 0. The molecule has 0 aliphatic carbocycles. The van der Waals surface area contributed by atoms with E-state index in [-0.39, 0.29) is 22.9 Å². The SMILES string of the molecule is O=C(C[S+]([O-])CCc1ccccc1)c1ccc(-c2noc(C(F)(F)F)n2)cc1. The molecule has 5 nitrogen and oxygen atoms in total. The summed E-state index contributed by atoms with van der Waals surface area (Å²) in [5.74, 6) is -1.71. The molecule has 0 saturated heterocycles.